The van der Waals surface area contributed by atoms with Crippen LogP contribution in [-0.2, 0) is 22.3 Å². The average Bonchev–Trinajstić information content (AvgIpc) is 3.04. The number of amides is 1. The van der Waals surface area contributed by atoms with Crippen molar-refractivity contribution in [2.45, 2.75) is 31.5 Å². The molecule has 25 heavy (non-hydrogen) atoms. The zero-order chi connectivity index (χ0) is 18.4. The molecule has 0 fully saturated rings. The summed E-state index contributed by atoms with van der Waals surface area (Å²) in [4.78, 5) is 23.0. The zero-order valence-corrected chi connectivity index (χ0v) is 13.0. The predicted octanol–water partition coefficient (Wildman–Crippen LogP) is 3.56. The van der Waals surface area contributed by atoms with E-state index in [1.165, 1.54) is 18.4 Å². The van der Waals surface area contributed by atoms with E-state index in [0.717, 1.165) is 12.1 Å². The number of alkyl halides is 3. The van der Waals surface area contributed by atoms with Gasteiger partial charge in [0.2, 0.25) is 5.91 Å². The first-order valence-corrected chi connectivity index (χ1v) is 7.43. The van der Waals surface area contributed by atoms with Crippen LogP contribution in [0, 0.1) is 0 Å². The van der Waals surface area contributed by atoms with Crippen LogP contribution in [0.2, 0.25) is 0 Å². The van der Waals surface area contributed by atoms with E-state index in [9.17, 15) is 22.8 Å². The summed E-state index contributed by atoms with van der Waals surface area (Å²) in [5.74, 6) is -1.74. The highest BCUT2D eigenvalue weighted by Gasteiger charge is 2.30. The summed E-state index contributed by atoms with van der Waals surface area (Å²) in [7, 11) is 0. The Morgan fingerprint density at radius 3 is 2.32 bits per heavy atom. The molecule has 0 aliphatic rings. The normalized spacial score (nSPS) is 12.6. The minimum atomic E-state index is -4.47. The Bertz CT molecular complexity index is 708. The highest BCUT2D eigenvalue weighted by atomic mass is 19.4. The Kier molecular flexibility index (Phi) is 5.84. The number of nitrogens with one attached hydrogen (secondary N) is 1. The minimum absolute atomic E-state index is 0.151. The van der Waals surface area contributed by atoms with Crippen molar-refractivity contribution in [1.82, 2.24) is 5.32 Å². The molecule has 0 spiro atoms. The molecule has 0 bridgehead atoms. The first kappa shape index (κ1) is 18.6. The van der Waals surface area contributed by atoms with Gasteiger partial charge in [-0.25, -0.2) is 0 Å². The summed E-state index contributed by atoms with van der Waals surface area (Å²) in [5.41, 5.74) is -0.462. The molecule has 0 saturated heterocycles. The third-order valence-corrected chi connectivity index (χ3v) is 3.60. The number of aliphatic carboxylic acids is 1. The van der Waals surface area contributed by atoms with Crippen LogP contribution in [0.3, 0.4) is 0 Å². The standard InChI is InChI=1S/C17H16F3NO4/c18-17(19,20)13-5-3-11(4-6-13)12(9-16(23)24)8-15(22)21-10-14-2-1-7-25-14/h1-7,12H,8-10H2,(H,21,22)(H,23,24). The smallest absolute Gasteiger partial charge is 0.416 e. The molecule has 1 aromatic carbocycles. The third-order valence-electron chi connectivity index (χ3n) is 3.60. The maximum absolute atomic E-state index is 12.6. The van der Waals surface area contributed by atoms with E-state index in [-0.39, 0.29) is 19.4 Å². The number of carbonyl (C=O) groups excluding carboxylic acids is 1. The SMILES string of the molecule is O=C(O)CC(CC(=O)NCc1ccco1)c1ccc(C(F)(F)F)cc1. The quantitative estimate of drug-likeness (QED) is 0.796. The number of carboxylic acid groups (broad SMARTS) is 1. The number of halogens is 3. The van der Waals surface area contributed by atoms with Crippen molar-refractivity contribution in [3.05, 3.63) is 59.5 Å². The molecule has 5 nitrogen and oxygen atoms in total. The number of carboxylic acids is 1. The van der Waals surface area contributed by atoms with Gasteiger partial charge in [0.05, 0.1) is 24.8 Å². The molecular weight excluding hydrogens is 339 g/mol. The first-order valence-electron chi connectivity index (χ1n) is 7.43. The Labute approximate surface area is 141 Å². The maximum atomic E-state index is 12.6. The van der Waals surface area contributed by atoms with E-state index in [1.807, 2.05) is 0 Å². The van der Waals surface area contributed by atoms with E-state index >= 15 is 0 Å². The van der Waals surface area contributed by atoms with E-state index in [1.54, 1.807) is 12.1 Å². The first-order chi connectivity index (χ1) is 11.8. The van der Waals surface area contributed by atoms with Gasteiger partial charge in [0.25, 0.3) is 0 Å². The van der Waals surface area contributed by atoms with Gasteiger partial charge in [0.15, 0.2) is 0 Å². The lowest BCUT2D eigenvalue weighted by Gasteiger charge is -2.16. The predicted molar refractivity (Wildman–Crippen MR) is 81.6 cm³/mol. The molecule has 1 unspecified atom stereocenters. The summed E-state index contributed by atoms with van der Waals surface area (Å²) < 4.78 is 42.9. The fourth-order valence-corrected chi connectivity index (χ4v) is 2.36. The van der Waals surface area contributed by atoms with Gasteiger partial charge in [-0.2, -0.15) is 13.2 Å². The second-order valence-corrected chi connectivity index (χ2v) is 5.47. The van der Waals surface area contributed by atoms with Crippen LogP contribution >= 0.6 is 0 Å². The molecule has 1 aromatic heterocycles. The largest absolute Gasteiger partial charge is 0.481 e. The molecule has 2 rings (SSSR count). The molecule has 1 atom stereocenters. The number of furan rings is 1. The maximum Gasteiger partial charge on any atom is 0.416 e. The Morgan fingerprint density at radius 1 is 1.12 bits per heavy atom. The highest BCUT2D eigenvalue weighted by molar-refractivity contribution is 5.78. The van der Waals surface area contributed by atoms with E-state index in [2.05, 4.69) is 5.32 Å². The van der Waals surface area contributed by atoms with Crippen molar-refractivity contribution in [3.8, 4) is 0 Å². The van der Waals surface area contributed by atoms with E-state index in [0.29, 0.717) is 11.3 Å². The third kappa shape index (κ3) is 5.66. The van der Waals surface area contributed by atoms with Gasteiger partial charge < -0.3 is 14.8 Å². The van der Waals surface area contributed by atoms with Crippen molar-refractivity contribution < 1.29 is 32.3 Å². The number of carbonyl (C=O) groups is 2. The number of hydrogen-bond acceptors (Lipinski definition) is 3. The molecule has 0 aliphatic heterocycles. The Hall–Kier alpha value is -2.77. The van der Waals surface area contributed by atoms with Gasteiger partial charge in [-0.1, -0.05) is 12.1 Å². The fraction of sp³-hybridized carbons (Fsp3) is 0.294. The van der Waals surface area contributed by atoms with E-state index < -0.39 is 29.5 Å². The van der Waals surface area contributed by atoms with Crippen molar-refractivity contribution in [2.24, 2.45) is 0 Å². The van der Waals surface area contributed by atoms with Crippen molar-refractivity contribution in [1.29, 1.82) is 0 Å². The molecular formula is C17H16F3NO4. The summed E-state index contributed by atoms with van der Waals surface area (Å²) >= 11 is 0. The van der Waals surface area contributed by atoms with Crippen molar-refractivity contribution in [2.75, 3.05) is 0 Å². The summed E-state index contributed by atoms with van der Waals surface area (Å²) in [6, 6.07) is 7.50. The molecule has 1 heterocycles. The Morgan fingerprint density at radius 2 is 1.80 bits per heavy atom. The molecule has 0 aliphatic carbocycles. The van der Waals surface area contributed by atoms with Crippen LogP contribution in [0.15, 0.2) is 47.1 Å². The molecule has 2 N–H and O–H groups in total. The molecule has 2 aromatic rings. The van der Waals surface area contributed by atoms with Crippen LogP contribution in [0.5, 0.6) is 0 Å². The van der Waals surface area contributed by atoms with Crippen molar-refractivity contribution in [3.63, 3.8) is 0 Å². The van der Waals surface area contributed by atoms with Gasteiger partial charge in [0, 0.05) is 12.3 Å². The average molecular weight is 355 g/mol. The minimum Gasteiger partial charge on any atom is -0.481 e. The molecule has 134 valence electrons. The number of benzene rings is 1. The van der Waals surface area contributed by atoms with Crippen LogP contribution < -0.4 is 5.32 Å². The monoisotopic (exact) mass is 355 g/mol. The molecule has 0 radical (unpaired) electrons. The van der Waals surface area contributed by atoms with E-state index in [4.69, 9.17) is 9.52 Å². The highest BCUT2D eigenvalue weighted by Crippen LogP contribution is 2.31. The second-order valence-electron chi connectivity index (χ2n) is 5.47. The molecule has 1 amide bonds. The number of hydrogen-bond donors (Lipinski definition) is 2. The fourth-order valence-electron chi connectivity index (χ4n) is 2.36. The lowest BCUT2D eigenvalue weighted by atomic mass is 9.91. The van der Waals surface area contributed by atoms with Gasteiger partial charge in [-0.3, -0.25) is 9.59 Å². The van der Waals surface area contributed by atoms with Crippen LogP contribution in [0.25, 0.3) is 0 Å². The van der Waals surface area contributed by atoms with Crippen LogP contribution in [-0.4, -0.2) is 17.0 Å². The Balaban J connectivity index is 2.04. The van der Waals surface area contributed by atoms with Crippen LogP contribution in [0.4, 0.5) is 13.2 Å². The van der Waals surface area contributed by atoms with Gasteiger partial charge in [0.1, 0.15) is 5.76 Å². The lowest BCUT2D eigenvalue weighted by Crippen LogP contribution is -2.25. The zero-order valence-electron chi connectivity index (χ0n) is 13.0. The molecule has 8 heteroatoms. The number of rotatable bonds is 7. The van der Waals surface area contributed by atoms with Crippen LogP contribution in [0.1, 0.15) is 35.6 Å². The second kappa shape index (κ2) is 7.87. The summed E-state index contributed by atoms with van der Waals surface area (Å²) in [6.07, 6.45) is -3.53. The molecule has 0 saturated carbocycles. The van der Waals surface area contributed by atoms with Crippen molar-refractivity contribution >= 4 is 11.9 Å². The summed E-state index contributed by atoms with van der Waals surface area (Å²) in [6.45, 7) is 0.151. The summed E-state index contributed by atoms with van der Waals surface area (Å²) in [5, 5.41) is 11.6. The lowest BCUT2D eigenvalue weighted by molar-refractivity contribution is -0.138. The van der Waals surface area contributed by atoms with Gasteiger partial charge in [-0.15, -0.1) is 0 Å². The van der Waals surface area contributed by atoms with Gasteiger partial charge >= 0.3 is 12.1 Å². The van der Waals surface area contributed by atoms with Gasteiger partial charge in [-0.05, 0) is 29.8 Å². The topological polar surface area (TPSA) is 79.5 Å².